The molecule has 6 nitrogen and oxygen atoms in total. The first-order valence-electron chi connectivity index (χ1n) is 7.24. The molecule has 0 aliphatic carbocycles. The Balaban J connectivity index is 1.69. The van der Waals surface area contributed by atoms with Gasteiger partial charge in [0.25, 0.3) is 5.91 Å². The summed E-state index contributed by atoms with van der Waals surface area (Å²) in [6, 6.07) is 3.77. The van der Waals surface area contributed by atoms with E-state index < -0.39 is 0 Å². The van der Waals surface area contributed by atoms with Crippen molar-refractivity contribution in [3.8, 4) is 0 Å². The fourth-order valence-electron chi connectivity index (χ4n) is 3.53. The van der Waals surface area contributed by atoms with Gasteiger partial charge >= 0.3 is 0 Å². The van der Waals surface area contributed by atoms with Crippen LogP contribution in [0.15, 0.2) is 24.5 Å². The molecule has 0 unspecified atom stereocenters. The number of likely N-dealkylation sites (tertiary alicyclic amines) is 2. The topological polar surface area (TPSA) is 65.5 Å². The van der Waals surface area contributed by atoms with Crippen LogP contribution in [0.4, 0.5) is 0 Å². The highest BCUT2D eigenvalue weighted by atomic mass is 16.2. The van der Waals surface area contributed by atoms with Crippen molar-refractivity contribution in [1.82, 2.24) is 20.1 Å². The third-order valence-electron chi connectivity index (χ3n) is 4.69. The second kappa shape index (κ2) is 5.44. The zero-order chi connectivity index (χ0) is 15.0. The highest BCUT2D eigenvalue weighted by molar-refractivity contribution is 5.94. The molecule has 2 aliphatic heterocycles. The van der Waals surface area contributed by atoms with Crippen molar-refractivity contribution >= 4 is 11.8 Å². The highest BCUT2D eigenvalue weighted by Crippen LogP contribution is 2.35. The molecule has 0 saturated carbocycles. The Bertz CT molecular complexity index is 548. The molecule has 1 N–H and O–H groups in total. The van der Waals surface area contributed by atoms with Crippen molar-refractivity contribution in [2.45, 2.75) is 18.5 Å². The van der Waals surface area contributed by atoms with E-state index in [1.165, 1.54) is 0 Å². The Morgan fingerprint density at radius 3 is 2.81 bits per heavy atom. The van der Waals surface area contributed by atoms with E-state index in [4.69, 9.17) is 0 Å². The van der Waals surface area contributed by atoms with Gasteiger partial charge in [-0.3, -0.25) is 19.5 Å². The summed E-state index contributed by atoms with van der Waals surface area (Å²) in [6.45, 7) is 1.40. The van der Waals surface area contributed by atoms with E-state index in [2.05, 4.69) is 15.2 Å². The van der Waals surface area contributed by atoms with Gasteiger partial charge in [-0.15, -0.1) is 0 Å². The SMILES string of the molecule is CNC(=O)[C@@H]1C[C@H]2CN(C(=O)c3cccnc3)C[C@H]2N1C. The Labute approximate surface area is 124 Å². The summed E-state index contributed by atoms with van der Waals surface area (Å²) in [4.78, 5) is 32.3. The summed E-state index contributed by atoms with van der Waals surface area (Å²) in [7, 11) is 3.64. The number of carbonyl (C=O) groups excluding carboxylic acids is 2. The quantitative estimate of drug-likeness (QED) is 0.830. The number of nitrogens with zero attached hydrogens (tertiary/aromatic N) is 3. The van der Waals surface area contributed by atoms with Gasteiger partial charge in [0.05, 0.1) is 11.6 Å². The predicted octanol–water partition coefficient (Wildman–Crippen LogP) is -0.0277. The van der Waals surface area contributed by atoms with Gasteiger partial charge in [0.2, 0.25) is 5.91 Å². The summed E-state index contributed by atoms with van der Waals surface area (Å²) in [6.07, 6.45) is 4.09. The van der Waals surface area contributed by atoms with Gasteiger partial charge in [-0.25, -0.2) is 0 Å². The Hall–Kier alpha value is -1.95. The van der Waals surface area contributed by atoms with E-state index in [1.54, 1.807) is 31.6 Å². The maximum Gasteiger partial charge on any atom is 0.255 e. The summed E-state index contributed by atoms with van der Waals surface area (Å²) < 4.78 is 0. The molecule has 2 aliphatic rings. The number of pyridine rings is 1. The van der Waals surface area contributed by atoms with Crippen LogP contribution in [0.2, 0.25) is 0 Å². The van der Waals surface area contributed by atoms with E-state index >= 15 is 0 Å². The van der Waals surface area contributed by atoms with Crippen LogP contribution in [0.5, 0.6) is 0 Å². The van der Waals surface area contributed by atoms with Crippen LogP contribution < -0.4 is 5.32 Å². The molecule has 0 bridgehead atoms. The highest BCUT2D eigenvalue weighted by Gasteiger charge is 2.47. The van der Waals surface area contributed by atoms with Crippen LogP contribution in [-0.2, 0) is 4.79 Å². The smallest absolute Gasteiger partial charge is 0.255 e. The summed E-state index contributed by atoms with van der Waals surface area (Å²) in [5.41, 5.74) is 0.628. The third-order valence-corrected chi connectivity index (χ3v) is 4.69. The minimum absolute atomic E-state index is 0.0300. The molecule has 3 heterocycles. The van der Waals surface area contributed by atoms with Crippen LogP contribution in [0, 0.1) is 5.92 Å². The average Bonchev–Trinajstić information content (AvgIpc) is 3.06. The largest absolute Gasteiger partial charge is 0.358 e. The molecule has 112 valence electrons. The second-order valence-electron chi connectivity index (χ2n) is 5.81. The van der Waals surface area contributed by atoms with Gasteiger partial charge in [-0.05, 0) is 31.5 Å². The van der Waals surface area contributed by atoms with Gasteiger partial charge in [0.15, 0.2) is 0 Å². The minimum atomic E-state index is -0.0688. The van der Waals surface area contributed by atoms with Crippen LogP contribution >= 0.6 is 0 Å². The molecule has 0 aromatic carbocycles. The van der Waals surface area contributed by atoms with Gasteiger partial charge in [-0.2, -0.15) is 0 Å². The van der Waals surface area contributed by atoms with Crippen molar-refractivity contribution < 1.29 is 9.59 Å². The number of hydrogen-bond acceptors (Lipinski definition) is 4. The van der Waals surface area contributed by atoms with E-state index in [9.17, 15) is 9.59 Å². The Morgan fingerprint density at radius 2 is 2.19 bits per heavy atom. The number of amides is 2. The monoisotopic (exact) mass is 288 g/mol. The molecular weight excluding hydrogens is 268 g/mol. The van der Waals surface area contributed by atoms with Crippen LogP contribution in [0.1, 0.15) is 16.8 Å². The third kappa shape index (κ3) is 2.40. The second-order valence-corrected chi connectivity index (χ2v) is 5.81. The van der Waals surface area contributed by atoms with Gasteiger partial charge in [0, 0.05) is 38.6 Å². The van der Waals surface area contributed by atoms with Gasteiger partial charge in [-0.1, -0.05) is 0 Å². The van der Waals surface area contributed by atoms with Gasteiger partial charge in [0.1, 0.15) is 0 Å². The zero-order valence-electron chi connectivity index (χ0n) is 12.3. The summed E-state index contributed by atoms with van der Waals surface area (Å²) >= 11 is 0. The van der Waals surface area contributed by atoms with E-state index in [0.29, 0.717) is 18.0 Å². The normalized spacial score (nSPS) is 28.5. The lowest BCUT2D eigenvalue weighted by Crippen LogP contribution is -2.45. The van der Waals surface area contributed by atoms with Crippen molar-refractivity contribution in [3.63, 3.8) is 0 Å². The van der Waals surface area contributed by atoms with Crippen molar-refractivity contribution in [2.24, 2.45) is 5.92 Å². The van der Waals surface area contributed by atoms with E-state index in [1.807, 2.05) is 11.9 Å². The number of hydrogen-bond donors (Lipinski definition) is 1. The Morgan fingerprint density at radius 1 is 1.38 bits per heavy atom. The van der Waals surface area contributed by atoms with Crippen molar-refractivity contribution in [3.05, 3.63) is 30.1 Å². The number of fused-ring (bicyclic) bond motifs is 1. The van der Waals surface area contributed by atoms with Crippen LogP contribution in [0.25, 0.3) is 0 Å². The zero-order valence-corrected chi connectivity index (χ0v) is 12.3. The standard InChI is InChI=1S/C15H20N4O2/c1-16-14(20)12-6-11-8-19(9-13(11)18(12)2)15(21)10-4-3-5-17-7-10/h3-5,7,11-13H,6,8-9H2,1-2H3,(H,16,20)/t11-,12-,13+/m0/s1. The summed E-state index contributed by atoms with van der Waals surface area (Å²) in [5, 5.41) is 2.72. The molecule has 6 heteroatoms. The molecular formula is C15H20N4O2. The lowest BCUT2D eigenvalue weighted by molar-refractivity contribution is -0.125. The molecule has 21 heavy (non-hydrogen) atoms. The number of nitrogens with one attached hydrogen (secondary N) is 1. The minimum Gasteiger partial charge on any atom is -0.358 e. The number of aromatic nitrogens is 1. The van der Waals surface area contributed by atoms with Crippen LogP contribution in [-0.4, -0.2) is 65.9 Å². The van der Waals surface area contributed by atoms with Crippen LogP contribution in [0.3, 0.4) is 0 Å². The lowest BCUT2D eigenvalue weighted by Gasteiger charge is -2.25. The van der Waals surface area contributed by atoms with Crippen molar-refractivity contribution in [2.75, 3.05) is 27.2 Å². The molecule has 1 aromatic heterocycles. The predicted molar refractivity (Wildman–Crippen MR) is 77.7 cm³/mol. The van der Waals surface area contributed by atoms with Gasteiger partial charge < -0.3 is 10.2 Å². The fraction of sp³-hybridized carbons (Fsp3) is 0.533. The first-order valence-corrected chi connectivity index (χ1v) is 7.24. The van der Waals surface area contributed by atoms with Crippen molar-refractivity contribution in [1.29, 1.82) is 0 Å². The molecule has 0 spiro atoms. The molecule has 2 amide bonds. The molecule has 2 saturated heterocycles. The Kier molecular flexibility index (Phi) is 3.63. The number of likely N-dealkylation sites (N-methyl/N-ethyl adjacent to an activating group) is 2. The molecule has 0 radical (unpaired) electrons. The maximum absolute atomic E-state index is 12.4. The lowest BCUT2D eigenvalue weighted by atomic mass is 10.0. The number of carbonyl (C=O) groups is 2. The molecule has 1 aromatic rings. The summed E-state index contributed by atoms with van der Waals surface area (Å²) in [5.74, 6) is 0.470. The molecule has 2 fully saturated rings. The molecule has 3 rings (SSSR count). The van der Waals surface area contributed by atoms with E-state index in [-0.39, 0.29) is 23.9 Å². The fourth-order valence-corrected chi connectivity index (χ4v) is 3.53. The first-order chi connectivity index (χ1) is 10.1. The maximum atomic E-state index is 12.4. The first kappa shape index (κ1) is 14.0. The molecule has 3 atom stereocenters. The average molecular weight is 288 g/mol. The van der Waals surface area contributed by atoms with E-state index in [0.717, 1.165) is 13.0 Å². The number of rotatable bonds is 2.